The summed E-state index contributed by atoms with van der Waals surface area (Å²) in [4.78, 5) is 34.9. The Labute approximate surface area is 148 Å². The molecule has 0 aliphatic heterocycles. The van der Waals surface area contributed by atoms with E-state index in [0.717, 1.165) is 16.6 Å². The lowest BCUT2D eigenvalue weighted by Crippen LogP contribution is -2.23. The Morgan fingerprint density at radius 1 is 1.04 bits per heavy atom. The largest absolute Gasteiger partial charge is 0.359 e. The van der Waals surface area contributed by atoms with E-state index >= 15 is 0 Å². The first-order valence-electron chi connectivity index (χ1n) is 8.15. The number of hydrogen-bond donors (Lipinski definition) is 3. The Hall–Kier alpha value is -3.67. The molecule has 6 heteroatoms. The lowest BCUT2D eigenvalue weighted by atomic mass is 10.2. The van der Waals surface area contributed by atoms with Crippen LogP contribution in [0.3, 0.4) is 0 Å². The second-order valence-electron chi connectivity index (χ2n) is 6.04. The molecular formula is C20H16N4O2. The van der Waals surface area contributed by atoms with Gasteiger partial charge in [0.15, 0.2) is 0 Å². The zero-order valence-electron chi connectivity index (χ0n) is 14.0. The van der Waals surface area contributed by atoms with E-state index in [-0.39, 0.29) is 5.56 Å². The maximum Gasteiger partial charge on any atom is 0.261 e. The molecule has 4 rings (SSSR count). The second kappa shape index (κ2) is 6.33. The molecule has 3 N–H and O–H groups in total. The Morgan fingerprint density at radius 3 is 2.69 bits per heavy atom. The molecule has 128 valence electrons. The summed E-state index contributed by atoms with van der Waals surface area (Å²) < 4.78 is 0. The molecule has 1 amide bonds. The molecule has 0 unspecified atom stereocenters. The van der Waals surface area contributed by atoms with E-state index in [2.05, 4.69) is 20.3 Å². The monoisotopic (exact) mass is 344 g/mol. The number of nitrogens with zero attached hydrogens (tertiary/aromatic N) is 1. The number of anilines is 1. The van der Waals surface area contributed by atoms with E-state index in [4.69, 9.17) is 0 Å². The number of carbonyl (C=O) groups excluding carboxylic acids is 1. The van der Waals surface area contributed by atoms with Crippen molar-refractivity contribution in [1.82, 2.24) is 15.0 Å². The number of pyridine rings is 2. The van der Waals surface area contributed by atoms with Gasteiger partial charge in [-0.15, -0.1) is 0 Å². The first kappa shape index (κ1) is 15.8. The van der Waals surface area contributed by atoms with E-state index in [1.54, 1.807) is 30.5 Å². The van der Waals surface area contributed by atoms with Crippen LogP contribution in [0.4, 0.5) is 5.69 Å². The van der Waals surface area contributed by atoms with Gasteiger partial charge in [-0.25, -0.2) is 0 Å². The van der Waals surface area contributed by atoms with Crippen LogP contribution in [0.1, 0.15) is 16.1 Å². The highest BCUT2D eigenvalue weighted by atomic mass is 16.2. The molecule has 0 saturated heterocycles. The molecule has 3 heterocycles. The van der Waals surface area contributed by atoms with Crippen molar-refractivity contribution >= 4 is 22.5 Å². The lowest BCUT2D eigenvalue weighted by molar-refractivity contribution is 0.102. The maximum absolute atomic E-state index is 12.5. The molecule has 0 saturated carbocycles. The summed E-state index contributed by atoms with van der Waals surface area (Å²) in [6.45, 7) is 1.97. The van der Waals surface area contributed by atoms with Crippen molar-refractivity contribution in [1.29, 1.82) is 0 Å². The molecule has 1 aromatic carbocycles. The summed E-state index contributed by atoms with van der Waals surface area (Å²) >= 11 is 0. The highest BCUT2D eigenvalue weighted by Gasteiger charge is 2.12. The number of H-pyrrole nitrogens is 2. The average molecular weight is 344 g/mol. The minimum atomic E-state index is -0.454. The standard InChI is InChI=1S/C20H16N4O2/c1-12-10-13-11-14(5-7-16(13)22-12)23-19(25)15-6-8-18(24-20(15)26)17-4-2-3-9-21-17/h2-11,22H,1H3,(H,23,25)(H,24,26). The summed E-state index contributed by atoms with van der Waals surface area (Å²) in [5, 5.41) is 3.77. The molecule has 0 bridgehead atoms. The van der Waals surface area contributed by atoms with Gasteiger partial charge in [-0.1, -0.05) is 6.07 Å². The van der Waals surface area contributed by atoms with Crippen LogP contribution in [0, 0.1) is 6.92 Å². The number of aromatic amines is 2. The molecular weight excluding hydrogens is 328 g/mol. The van der Waals surface area contributed by atoms with E-state index in [9.17, 15) is 9.59 Å². The minimum absolute atomic E-state index is 0.0510. The SMILES string of the molecule is Cc1cc2cc(NC(=O)c3ccc(-c4ccccn4)[nH]c3=O)ccc2[nH]1. The normalized spacial score (nSPS) is 10.8. The van der Waals surface area contributed by atoms with Crippen LogP contribution in [0.25, 0.3) is 22.3 Å². The minimum Gasteiger partial charge on any atom is -0.359 e. The molecule has 4 aromatic rings. The smallest absolute Gasteiger partial charge is 0.261 e. The van der Waals surface area contributed by atoms with Crippen LogP contribution < -0.4 is 10.9 Å². The fraction of sp³-hybridized carbons (Fsp3) is 0.0500. The molecule has 3 aromatic heterocycles. The molecule has 0 spiro atoms. The van der Waals surface area contributed by atoms with Gasteiger partial charge in [0.1, 0.15) is 5.56 Å². The van der Waals surface area contributed by atoms with Crippen molar-refractivity contribution in [3.05, 3.63) is 82.4 Å². The van der Waals surface area contributed by atoms with Crippen LogP contribution in [0.5, 0.6) is 0 Å². The number of benzene rings is 1. The summed E-state index contributed by atoms with van der Waals surface area (Å²) in [6.07, 6.45) is 1.65. The van der Waals surface area contributed by atoms with Crippen LogP contribution in [0.15, 0.2) is 65.6 Å². The summed E-state index contributed by atoms with van der Waals surface area (Å²) in [5.74, 6) is -0.453. The Morgan fingerprint density at radius 2 is 1.92 bits per heavy atom. The number of carbonyl (C=O) groups is 1. The van der Waals surface area contributed by atoms with Gasteiger partial charge in [0, 0.05) is 28.5 Å². The van der Waals surface area contributed by atoms with E-state index < -0.39 is 11.5 Å². The Bertz CT molecular complexity index is 1160. The van der Waals surface area contributed by atoms with E-state index in [1.165, 1.54) is 6.07 Å². The van der Waals surface area contributed by atoms with Crippen molar-refractivity contribution in [2.24, 2.45) is 0 Å². The first-order chi connectivity index (χ1) is 12.6. The van der Waals surface area contributed by atoms with Crippen LogP contribution in [-0.2, 0) is 0 Å². The van der Waals surface area contributed by atoms with Gasteiger partial charge in [-0.05, 0) is 55.5 Å². The molecule has 0 fully saturated rings. The number of fused-ring (bicyclic) bond motifs is 1. The van der Waals surface area contributed by atoms with Crippen molar-refractivity contribution in [2.45, 2.75) is 6.92 Å². The number of aromatic nitrogens is 3. The predicted octanol–water partition coefficient (Wildman–Crippen LogP) is 3.48. The summed E-state index contributed by atoms with van der Waals surface area (Å²) in [6, 6.07) is 16.2. The third-order valence-electron chi connectivity index (χ3n) is 4.11. The predicted molar refractivity (Wildman–Crippen MR) is 101 cm³/mol. The third kappa shape index (κ3) is 3.00. The van der Waals surface area contributed by atoms with E-state index in [0.29, 0.717) is 17.1 Å². The molecule has 0 aliphatic rings. The lowest BCUT2D eigenvalue weighted by Gasteiger charge is -2.06. The topological polar surface area (TPSA) is 90.6 Å². The molecule has 0 aliphatic carbocycles. The Balaban J connectivity index is 1.60. The highest BCUT2D eigenvalue weighted by molar-refractivity contribution is 6.05. The van der Waals surface area contributed by atoms with Crippen molar-refractivity contribution in [3.63, 3.8) is 0 Å². The van der Waals surface area contributed by atoms with Crippen LogP contribution in [0.2, 0.25) is 0 Å². The van der Waals surface area contributed by atoms with Crippen molar-refractivity contribution in [2.75, 3.05) is 5.32 Å². The fourth-order valence-electron chi connectivity index (χ4n) is 2.88. The molecule has 0 atom stereocenters. The average Bonchev–Trinajstić information content (AvgIpc) is 3.01. The number of rotatable bonds is 3. The van der Waals surface area contributed by atoms with Gasteiger partial charge in [-0.3, -0.25) is 14.6 Å². The van der Waals surface area contributed by atoms with Gasteiger partial charge >= 0.3 is 0 Å². The van der Waals surface area contributed by atoms with Gasteiger partial charge in [0.2, 0.25) is 0 Å². The van der Waals surface area contributed by atoms with Gasteiger partial charge in [-0.2, -0.15) is 0 Å². The second-order valence-corrected chi connectivity index (χ2v) is 6.04. The van der Waals surface area contributed by atoms with Gasteiger partial charge in [0.05, 0.1) is 11.4 Å². The quantitative estimate of drug-likeness (QED) is 0.531. The van der Waals surface area contributed by atoms with Crippen LogP contribution >= 0.6 is 0 Å². The van der Waals surface area contributed by atoms with Crippen LogP contribution in [-0.4, -0.2) is 20.9 Å². The molecule has 26 heavy (non-hydrogen) atoms. The van der Waals surface area contributed by atoms with Gasteiger partial charge < -0.3 is 15.3 Å². The number of amides is 1. The summed E-state index contributed by atoms with van der Waals surface area (Å²) in [7, 11) is 0. The number of hydrogen-bond acceptors (Lipinski definition) is 3. The fourth-order valence-corrected chi connectivity index (χ4v) is 2.88. The number of nitrogens with one attached hydrogen (secondary N) is 3. The molecule has 6 nitrogen and oxygen atoms in total. The van der Waals surface area contributed by atoms with Crippen molar-refractivity contribution in [3.8, 4) is 11.4 Å². The first-order valence-corrected chi connectivity index (χ1v) is 8.15. The number of aryl methyl sites for hydroxylation is 1. The maximum atomic E-state index is 12.5. The zero-order chi connectivity index (χ0) is 18.1. The van der Waals surface area contributed by atoms with Crippen molar-refractivity contribution < 1.29 is 4.79 Å². The third-order valence-corrected chi connectivity index (χ3v) is 4.11. The van der Waals surface area contributed by atoms with E-state index in [1.807, 2.05) is 31.2 Å². The summed E-state index contributed by atoms with van der Waals surface area (Å²) in [5.41, 5.74) is 3.48. The Kier molecular flexibility index (Phi) is 3.85. The zero-order valence-corrected chi connectivity index (χ0v) is 14.0. The molecule has 0 radical (unpaired) electrons. The highest BCUT2D eigenvalue weighted by Crippen LogP contribution is 2.20. The van der Waals surface area contributed by atoms with Gasteiger partial charge in [0.25, 0.3) is 11.5 Å².